The summed E-state index contributed by atoms with van der Waals surface area (Å²) in [6, 6.07) is 8.64. The van der Waals surface area contributed by atoms with Gasteiger partial charge in [-0.05, 0) is 35.4 Å². The molecule has 0 unspecified atom stereocenters. The number of hydrogen-bond acceptors (Lipinski definition) is 3. The lowest BCUT2D eigenvalue weighted by Gasteiger charge is -2.12. The average molecular weight is 435 g/mol. The number of halogens is 4. The van der Waals surface area contributed by atoms with Gasteiger partial charge in [-0.2, -0.15) is 13.2 Å². The molecule has 0 amide bonds. The van der Waals surface area contributed by atoms with E-state index in [9.17, 15) is 26.4 Å². The van der Waals surface area contributed by atoms with Crippen molar-refractivity contribution in [1.29, 1.82) is 0 Å². The summed E-state index contributed by atoms with van der Waals surface area (Å²) in [4.78, 5) is 11.8. The summed E-state index contributed by atoms with van der Waals surface area (Å²) in [5.41, 5.74) is 0.128. The summed E-state index contributed by atoms with van der Waals surface area (Å²) in [6.45, 7) is 1.46. The van der Waals surface area contributed by atoms with Crippen molar-refractivity contribution in [2.24, 2.45) is 0 Å². The second kappa shape index (κ2) is 7.29. The normalized spacial score (nSPS) is 12.2. The third-order valence-corrected chi connectivity index (χ3v) is 5.94. The van der Waals surface area contributed by atoms with Crippen molar-refractivity contribution in [2.75, 3.05) is 11.1 Å². The van der Waals surface area contributed by atoms with E-state index in [0.717, 1.165) is 12.1 Å². The zero-order valence-electron chi connectivity index (χ0n) is 13.1. The van der Waals surface area contributed by atoms with Crippen LogP contribution in [-0.2, 0) is 16.0 Å². The fourth-order valence-corrected chi connectivity index (χ4v) is 3.71. The van der Waals surface area contributed by atoms with Crippen molar-refractivity contribution < 1.29 is 26.4 Å². The highest BCUT2D eigenvalue weighted by Crippen LogP contribution is 2.32. The summed E-state index contributed by atoms with van der Waals surface area (Å²) < 4.78 is 62.5. The average Bonchev–Trinajstić information content (AvgIpc) is 2.60. The van der Waals surface area contributed by atoms with Crippen LogP contribution in [0.2, 0.25) is 0 Å². The molecular formula is C17H14BrF3O3S. The topological polar surface area (TPSA) is 51.2 Å². The molecule has 0 aliphatic carbocycles. The van der Waals surface area contributed by atoms with Crippen molar-refractivity contribution >= 4 is 31.6 Å². The first kappa shape index (κ1) is 19.7. The highest BCUT2D eigenvalue weighted by molar-refractivity contribution is 9.09. The summed E-state index contributed by atoms with van der Waals surface area (Å²) >= 11 is 3.01. The standard InChI is InChI=1S/C17H14BrF3O3S/c1-2-25(23,24)16-9-12(5-8-14(16)15(22)10-18)11-3-6-13(7-4-11)17(19,20)21/h3-9H,2,10H2,1H3. The molecule has 0 aromatic heterocycles. The van der Waals surface area contributed by atoms with Gasteiger partial charge in [0.15, 0.2) is 15.6 Å². The van der Waals surface area contributed by atoms with Crippen LogP contribution in [0.15, 0.2) is 47.4 Å². The molecule has 0 spiro atoms. The van der Waals surface area contributed by atoms with Crippen molar-refractivity contribution in [3.8, 4) is 11.1 Å². The van der Waals surface area contributed by atoms with Gasteiger partial charge in [0.2, 0.25) is 0 Å². The molecule has 0 fully saturated rings. The van der Waals surface area contributed by atoms with Crippen LogP contribution in [0.25, 0.3) is 11.1 Å². The summed E-state index contributed by atoms with van der Waals surface area (Å²) in [5, 5.41) is -0.0289. The Morgan fingerprint density at radius 3 is 2.08 bits per heavy atom. The maximum atomic E-state index is 12.6. The molecule has 3 nitrogen and oxygen atoms in total. The van der Waals surface area contributed by atoms with Crippen LogP contribution in [0, 0.1) is 0 Å². The number of carbonyl (C=O) groups is 1. The maximum Gasteiger partial charge on any atom is 0.416 e. The van der Waals surface area contributed by atoms with Crippen molar-refractivity contribution in [3.63, 3.8) is 0 Å². The third kappa shape index (κ3) is 4.30. The van der Waals surface area contributed by atoms with Crippen LogP contribution in [-0.4, -0.2) is 25.3 Å². The minimum absolute atomic E-state index is 0.0289. The molecule has 2 aromatic carbocycles. The number of hydrogen-bond donors (Lipinski definition) is 0. The molecule has 2 aromatic rings. The number of Topliss-reactive ketones (excluding diaryl/α,β-unsaturated/α-hetero) is 1. The molecule has 0 aliphatic heterocycles. The number of carbonyl (C=O) groups excluding carboxylic acids is 1. The number of sulfone groups is 1. The van der Waals surface area contributed by atoms with E-state index in [1.54, 1.807) is 0 Å². The number of alkyl halides is 4. The van der Waals surface area contributed by atoms with Gasteiger partial charge in [-0.25, -0.2) is 8.42 Å². The van der Waals surface area contributed by atoms with Gasteiger partial charge in [-0.1, -0.05) is 41.1 Å². The minimum atomic E-state index is -4.44. The van der Waals surface area contributed by atoms with Crippen molar-refractivity contribution in [1.82, 2.24) is 0 Å². The fraction of sp³-hybridized carbons (Fsp3) is 0.235. The Balaban J connectivity index is 2.57. The molecule has 0 bridgehead atoms. The first-order chi connectivity index (χ1) is 11.6. The zero-order chi connectivity index (χ0) is 18.8. The molecule has 0 heterocycles. The number of ketones is 1. The van der Waals surface area contributed by atoms with Crippen molar-refractivity contribution in [2.45, 2.75) is 18.0 Å². The second-order valence-electron chi connectivity index (χ2n) is 5.25. The van der Waals surface area contributed by atoms with Crippen LogP contribution in [0.5, 0.6) is 0 Å². The Bertz CT molecular complexity index is 888. The van der Waals surface area contributed by atoms with E-state index >= 15 is 0 Å². The van der Waals surface area contributed by atoms with Gasteiger partial charge in [0.25, 0.3) is 0 Å². The van der Waals surface area contributed by atoms with Gasteiger partial charge in [-0.3, -0.25) is 4.79 Å². The highest BCUT2D eigenvalue weighted by Gasteiger charge is 2.30. The molecule has 0 aliphatic rings. The summed E-state index contributed by atoms with van der Waals surface area (Å²) in [5.74, 6) is -0.572. The lowest BCUT2D eigenvalue weighted by atomic mass is 10.0. The van der Waals surface area contributed by atoms with E-state index < -0.39 is 21.6 Å². The SMILES string of the molecule is CCS(=O)(=O)c1cc(-c2ccc(C(F)(F)F)cc2)ccc1C(=O)CBr. The monoisotopic (exact) mass is 434 g/mol. The van der Waals surface area contributed by atoms with Gasteiger partial charge >= 0.3 is 6.18 Å². The van der Waals surface area contributed by atoms with Crippen LogP contribution < -0.4 is 0 Å². The van der Waals surface area contributed by atoms with Gasteiger partial charge in [-0.15, -0.1) is 0 Å². The number of benzene rings is 2. The molecule has 25 heavy (non-hydrogen) atoms. The third-order valence-electron chi connectivity index (χ3n) is 3.66. The minimum Gasteiger partial charge on any atom is -0.293 e. The zero-order valence-corrected chi connectivity index (χ0v) is 15.5. The molecule has 0 saturated carbocycles. The molecule has 0 saturated heterocycles. The largest absolute Gasteiger partial charge is 0.416 e. The van der Waals surface area contributed by atoms with E-state index in [1.807, 2.05) is 0 Å². The van der Waals surface area contributed by atoms with Gasteiger partial charge in [0, 0.05) is 5.56 Å². The van der Waals surface area contributed by atoms with Crippen LogP contribution in [0.3, 0.4) is 0 Å². The lowest BCUT2D eigenvalue weighted by molar-refractivity contribution is -0.137. The van der Waals surface area contributed by atoms with E-state index in [-0.39, 0.29) is 27.3 Å². The van der Waals surface area contributed by atoms with E-state index in [0.29, 0.717) is 11.1 Å². The summed E-state index contributed by atoms with van der Waals surface area (Å²) in [6.07, 6.45) is -4.44. The Morgan fingerprint density at radius 2 is 1.60 bits per heavy atom. The molecule has 0 radical (unpaired) electrons. The first-order valence-corrected chi connectivity index (χ1v) is 10.0. The Kier molecular flexibility index (Phi) is 5.73. The molecular weight excluding hydrogens is 421 g/mol. The quantitative estimate of drug-likeness (QED) is 0.504. The van der Waals surface area contributed by atoms with E-state index in [4.69, 9.17) is 0 Å². The smallest absolute Gasteiger partial charge is 0.293 e. The number of rotatable bonds is 5. The lowest BCUT2D eigenvalue weighted by Crippen LogP contribution is -2.12. The first-order valence-electron chi connectivity index (χ1n) is 7.23. The van der Waals surface area contributed by atoms with Crippen molar-refractivity contribution in [3.05, 3.63) is 53.6 Å². The predicted octanol–water partition coefficient (Wildman–Crippen LogP) is 4.74. The van der Waals surface area contributed by atoms with E-state index in [2.05, 4.69) is 15.9 Å². The van der Waals surface area contributed by atoms with Gasteiger partial charge in [0.1, 0.15) is 0 Å². The van der Waals surface area contributed by atoms with Crippen LogP contribution in [0.1, 0.15) is 22.8 Å². The Morgan fingerprint density at radius 1 is 1.04 bits per heavy atom. The molecule has 134 valence electrons. The summed E-state index contributed by atoms with van der Waals surface area (Å²) in [7, 11) is -3.67. The van der Waals surface area contributed by atoms with Gasteiger partial charge in [0.05, 0.1) is 21.5 Å². The molecule has 0 atom stereocenters. The second-order valence-corrected chi connectivity index (χ2v) is 8.05. The highest BCUT2D eigenvalue weighted by atomic mass is 79.9. The molecule has 0 N–H and O–H groups in total. The van der Waals surface area contributed by atoms with E-state index in [1.165, 1.54) is 37.3 Å². The predicted molar refractivity (Wildman–Crippen MR) is 92.7 cm³/mol. The Labute approximate surface area is 151 Å². The van der Waals surface area contributed by atoms with Crippen LogP contribution >= 0.6 is 15.9 Å². The molecule has 8 heteroatoms. The fourth-order valence-electron chi connectivity index (χ4n) is 2.27. The maximum absolute atomic E-state index is 12.6. The Hall–Kier alpha value is -1.67. The van der Waals surface area contributed by atoms with Crippen LogP contribution in [0.4, 0.5) is 13.2 Å². The van der Waals surface area contributed by atoms with Gasteiger partial charge < -0.3 is 0 Å². The molecule has 2 rings (SSSR count).